The molecule has 98 valence electrons. The SMILES string of the molecule is CC(C(=O)N1CCNCC1)C1CCCCCC1. The molecular formula is C14H26N2O. The zero-order valence-corrected chi connectivity index (χ0v) is 11.1. The second-order valence-corrected chi connectivity index (χ2v) is 5.62. The molecule has 0 spiro atoms. The van der Waals surface area contributed by atoms with Gasteiger partial charge in [0.05, 0.1) is 0 Å². The Morgan fingerprint density at radius 3 is 2.29 bits per heavy atom. The van der Waals surface area contributed by atoms with Crippen LogP contribution >= 0.6 is 0 Å². The van der Waals surface area contributed by atoms with Crippen LogP contribution in [0.3, 0.4) is 0 Å². The van der Waals surface area contributed by atoms with Crippen molar-refractivity contribution in [3.63, 3.8) is 0 Å². The summed E-state index contributed by atoms with van der Waals surface area (Å²) in [6.45, 7) is 5.87. The second-order valence-electron chi connectivity index (χ2n) is 5.62. The minimum atomic E-state index is 0.242. The normalized spacial score (nSPS) is 25.4. The lowest BCUT2D eigenvalue weighted by Gasteiger charge is -2.32. The molecule has 1 saturated carbocycles. The number of carbonyl (C=O) groups excluding carboxylic acids is 1. The molecule has 1 aliphatic heterocycles. The summed E-state index contributed by atoms with van der Waals surface area (Å²) in [5.41, 5.74) is 0. The van der Waals surface area contributed by atoms with E-state index in [2.05, 4.69) is 17.1 Å². The van der Waals surface area contributed by atoms with Crippen LogP contribution < -0.4 is 5.32 Å². The highest BCUT2D eigenvalue weighted by Gasteiger charge is 2.28. The molecule has 0 aromatic carbocycles. The molecule has 0 bridgehead atoms. The minimum absolute atomic E-state index is 0.242. The number of piperazine rings is 1. The van der Waals surface area contributed by atoms with E-state index in [0.29, 0.717) is 11.8 Å². The maximum absolute atomic E-state index is 12.4. The van der Waals surface area contributed by atoms with Gasteiger partial charge >= 0.3 is 0 Å². The van der Waals surface area contributed by atoms with Crippen LogP contribution in [0, 0.1) is 11.8 Å². The average Bonchev–Trinajstić information content (AvgIpc) is 2.67. The van der Waals surface area contributed by atoms with E-state index in [1.807, 2.05) is 0 Å². The first-order chi connectivity index (χ1) is 8.29. The fourth-order valence-corrected chi connectivity index (χ4v) is 3.19. The van der Waals surface area contributed by atoms with Gasteiger partial charge in [-0.3, -0.25) is 4.79 Å². The molecule has 2 fully saturated rings. The fourth-order valence-electron chi connectivity index (χ4n) is 3.19. The van der Waals surface area contributed by atoms with E-state index in [0.717, 1.165) is 26.2 Å². The summed E-state index contributed by atoms with van der Waals surface area (Å²) < 4.78 is 0. The Morgan fingerprint density at radius 2 is 1.71 bits per heavy atom. The van der Waals surface area contributed by atoms with E-state index in [1.165, 1.54) is 38.5 Å². The van der Waals surface area contributed by atoms with Crippen molar-refractivity contribution >= 4 is 5.91 Å². The van der Waals surface area contributed by atoms with E-state index in [-0.39, 0.29) is 5.92 Å². The van der Waals surface area contributed by atoms with Crippen molar-refractivity contribution in [1.82, 2.24) is 10.2 Å². The monoisotopic (exact) mass is 238 g/mol. The molecule has 2 aliphatic rings. The molecule has 1 saturated heterocycles. The van der Waals surface area contributed by atoms with E-state index in [1.54, 1.807) is 0 Å². The third-order valence-electron chi connectivity index (χ3n) is 4.43. The van der Waals surface area contributed by atoms with Crippen LogP contribution in [0.15, 0.2) is 0 Å². The van der Waals surface area contributed by atoms with Gasteiger partial charge in [-0.1, -0.05) is 32.6 Å². The predicted molar refractivity (Wildman–Crippen MR) is 69.8 cm³/mol. The zero-order valence-electron chi connectivity index (χ0n) is 11.1. The molecule has 0 radical (unpaired) electrons. The minimum Gasteiger partial charge on any atom is -0.340 e. The quantitative estimate of drug-likeness (QED) is 0.747. The molecule has 1 aliphatic carbocycles. The standard InChI is InChI=1S/C14H26N2O/c1-12(13-6-4-2-3-5-7-13)14(17)16-10-8-15-9-11-16/h12-13,15H,2-11H2,1H3. The van der Waals surface area contributed by atoms with E-state index in [4.69, 9.17) is 0 Å². The predicted octanol–water partition coefficient (Wildman–Crippen LogP) is 2.02. The van der Waals surface area contributed by atoms with Crippen molar-refractivity contribution in [1.29, 1.82) is 0 Å². The first-order valence-corrected chi connectivity index (χ1v) is 7.28. The first kappa shape index (κ1) is 12.9. The summed E-state index contributed by atoms with van der Waals surface area (Å²) in [4.78, 5) is 14.5. The maximum atomic E-state index is 12.4. The van der Waals surface area contributed by atoms with E-state index in [9.17, 15) is 4.79 Å². The van der Waals surface area contributed by atoms with Gasteiger partial charge in [-0.2, -0.15) is 0 Å². The number of rotatable bonds is 2. The molecule has 3 nitrogen and oxygen atoms in total. The number of nitrogens with one attached hydrogen (secondary N) is 1. The Bertz CT molecular complexity index is 241. The Kier molecular flexibility index (Phi) is 4.84. The molecule has 1 heterocycles. The highest BCUT2D eigenvalue weighted by Crippen LogP contribution is 2.29. The molecule has 2 rings (SSSR count). The molecule has 0 aromatic rings. The smallest absolute Gasteiger partial charge is 0.225 e. The Morgan fingerprint density at radius 1 is 1.12 bits per heavy atom. The van der Waals surface area contributed by atoms with Crippen molar-refractivity contribution < 1.29 is 4.79 Å². The van der Waals surface area contributed by atoms with Crippen LogP contribution in [0.25, 0.3) is 0 Å². The lowest BCUT2D eigenvalue weighted by atomic mass is 9.86. The van der Waals surface area contributed by atoms with Gasteiger partial charge in [-0.25, -0.2) is 0 Å². The lowest BCUT2D eigenvalue weighted by Crippen LogP contribution is -2.49. The zero-order chi connectivity index (χ0) is 12.1. The summed E-state index contributed by atoms with van der Waals surface area (Å²) in [5, 5.41) is 3.30. The van der Waals surface area contributed by atoms with Crippen molar-refractivity contribution in [3.05, 3.63) is 0 Å². The van der Waals surface area contributed by atoms with Crippen LogP contribution in [0.5, 0.6) is 0 Å². The molecule has 17 heavy (non-hydrogen) atoms. The van der Waals surface area contributed by atoms with Crippen LogP contribution in [-0.4, -0.2) is 37.0 Å². The molecule has 1 N–H and O–H groups in total. The highest BCUT2D eigenvalue weighted by atomic mass is 16.2. The van der Waals surface area contributed by atoms with Gasteiger partial charge in [0.1, 0.15) is 0 Å². The van der Waals surface area contributed by atoms with E-state index >= 15 is 0 Å². The number of amides is 1. The van der Waals surface area contributed by atoms with Crippen LogP contribution in [0.1, 0.15) is 45.4 Å². The van der Waals surface area contributed by atoms with Crippen molar-refractivity contribution in [3.8, 4) is 0 Å². The Hall–Kier alpha value is -0.570. The number of nitrogens with zero attached hydrogens (tertiary/aromatic N) is 1. The molecule has 0 aromatic heterocycles. The third kappa shape index (κ3) is 3.44. The summed E-state index contributed by atoms with van der Waals surface area (Å²) in [6.07, 6.45) is 7.90. The molecular weight excluding hydrogens is 212 g/mol. The number of hydrogen-bond acceptors (Lipinski definition) is 2. The van der Waals surface area contributed by atoms with Gasteiger partial charge in [0.15, 0.2) is 0 Å². The highest BCUT2D eigenvalue weighted by molar-refractivity contribution is 5.78. The Balaban J connectivity index is 1.88. The Labute approximate surface area is 105 Å². The van der Waals surface area contributed by atoms with Gasteiger partial charge in [-0.15, -0.1) is 0 Å². The fraction of sp³-hybridized carbons (Fsp3) is 0.929. The van der Waals surface area contributed by atoms with Gasteiger partial charge < -0.3 is 10.2 Å². The number of carbonyl (C=O) groups is 1. The van der Waals surface area contributed by atoms with Crippen LogP contribution in [-0.2, 0) is 4.79 Å². The number of hydrogen-bond donors (Lipinski definition) is 1. The largest absolute Gasteiger partial charge is 0.340 e. The van der Waals surface area contributed by atoms with Gasteiger partial charge in [-0.05, 0) is 18.8 Å². The summed E-state index contributed by atoms with van der Waals surface area (Å²) in [6, 6.07) is 0. The van der Waals surface area contributed by atoms with Crippen molar-refractivity contribution in [2.75, 3.05) is 26.2 Å². The third-order valence-corrected chi connectivity index (χ3v) is 4.43. The molecule has 1 amide bonds. The summed E-state index contributed by atoms with van der Waals surface area (Å²) in [7, 11) is 0. The van der Waals surface area contributed by atoms with Gasteiger partial charge in [0, 0.05) is 32.1 Å². The van der Waals surface area contributed by atoms with Crippen molar-refractivity contribution in [2.24, 2.45) is 11.8 Å². The first-order valence-electron chi connectivity index (χ1n) is 7.28. The summed E-state index contributed by atoms with van der Waals surface area (Å²) in [5.74, 6) is 1.28. The van der Waals surface area contributed by atoms with Crippen molar-refractivity contribution in [2.45, 2.75) is 45.4 Å². The second kappa shape index (κ2) is 6.39. The summed E-state index contributed by atoms with van der Waals surface area (Å²) >= 11 is 0. The van der Waals surface area contributed by atoms with Gasteiger partial charge in [0.2, 0.25) is 5.91 Å². The molecule has 1 unspecified atom stereocenters. The van der Waals surface area contributed by atoms with Crippen LogP contribution in [0.2, 0.25) is 0 Å². The maximum Gasteiger partial charge on any atom is 0.225 e. The van der Waals surface area contributed by atoms with Crippen LogP contribution in [0.4, 0.5) is 0 Å². The van der Waals surface area contributed by atoms with E-state index < -0.39 is 0 Å². The van der Waals surface area contributed by atoms with Gasteiger partial charge in [0.25, 0.3) is 0 Å². The molecule has 1 atom stereocenters. The molecule has 3 heteroatoms. The lowest BCUT2D eigenvalue weighted by molar-refractivity contribution is -0.137. The average molecular weight is 238 g/mol. The topological polar surface area (TPSA) is 32.3 Å².